The molecule has 1 aliphatic heterocycles. The summed E-state index contributed by atoms with van der Waals surface area (Å²) in [6.07, 6.45) is 0.965. The number of nitrogens with zero attached hydrogens (tertiary/aromatic N) is 1. The van der Waals surface area contributed by atoms with E-state index >= 15 is 0 Å². The highest BCUT2D eigenvalue weighted by atomic mass is 32.2. The molecule has 116 valence electrons. The molecule has 0 saturated carbocycles. The van der Waals surface area contributed by atoms with Gasteiger partial charge in [0.25, 0.3) is 0 Å². The van der Waals surface area contributed by atoms with E-state index in [4.69, 9.17) is 5.11 Å². The van der Waals surface area contributed by atoms with Crippen LogP contribution in [0.5, 0.6) is 0 Å². The smallest absolute Gasteiger partial charge is 0.335 e. The van der Waals surface area contributed by atoms with Crippen LogP contribution in [0.4, 0.5) is 0 Å². The van der Waals surface area contributed by atoms with Crippen molar-refractivity contribution in [2.75, 3.05) is 26.7 Å². The Bertz CT molecular complexity index is 642. The number of carbonyl (C=O) groups is 1. The van der Waals surface area contributed by atoms with Gasteiger partial charge in [-0.15, -0.1) is 0 Å². The van der Waals surface area contributed by atoms with Crippen molar-refractivity contribution in [1.82, 2.24) is 9.62 Å². The van der Waals surface area contributed by atoms with Gasteiger partial charge in [0.05, 0.1) is 10.5 Å². The lowest BCUT2D eigenvalue weighted by atomic mass is 10.1. The van der Waals surface area contributed by atoms with Crippen molar-refractivity contribution in [2.24, 2.45) is 5.92 Å². The van der Waals surface area contributed by atoms with Crippen LogP contribution in [0.2, 0.25) is 0 Å². The Morgan fingerprint density at radius 1 is 1.48 bits per heavy atom. The minimum absolute atomic E-state index is 0.0125. The fraction of sp³-hybridized carbons (Fsp3) is 0.500. The van der Waals surface area contributed by atoms with E-state index in [1.807, 2.05) is 7.05 Å². The van der Waals surface area contributed by atoms with Gasteiger partial charge in [0.15, 0.2) is 0 Å². The highest BCUT2D eigenvalue weighted by Crippen LogP contribution is 2.20. The zero-order chi connectivity index (χ0) is 15.6. The average Bonchev–Trinajstić information content (AvgIpc) is 2.82. The molecule has 1 atom stereocenters. The monoisotopic (exact) mass is 312 g/mol. The fourth-order valence-electron chi connectivity index (χ4n) is 2.64. The van der Waals surface area contributed by atoms with Gasteiger partial charge in [-0.25, -0.2) is 17.9 Å². The van der Waals surface area contributed by atoms with E-state index in [1.54, 1.807) is 0 Å². The molecule has 0 amide bonds. The number of carboxylic acids is 1. The summed E-state index contributed by atoms with van der Waals surface area (Å²) in [6.45, 7) is 3.74. The molecule has 7 heteroatoms. The van der Waals surface area contributed by atoms with E-state index in [9.17, 15) is 13.2 Å². The summed E-state index contributed by atoms with van der Waals surface area (Å²) in [4.78, 5) is 13.3. The van der Waals surface area contributed by atoms with Crippen molar-refractivity contribution in [3.63, 3.8) is 0 Å². The number of benzene rings is 1. The lowest BCUT2D eigenvalue weighted by molar-refractivity contribution is 0.0696. The zero-order valence-electron chi connectivity index (χ0n) is 12.2. The maximum atomic E-state index is 12.3. The van der Waals surface area contributed by atoms with Gasteiger partial charge in [-0.3, -0.25) is 0 Å². The molecule has 1 saturated heterocycles. The third-order valence-corrected chi connectivity index (χ3v) is 5.42. The Balaban J connectivity index is 2.16. The first kappa shape index (κ1) is 15.9. The molecule has 0 spiro atoms. The lowest BCUT2D eigenvalue weighted by Gasteiger charge is -2.14. The molecular formula is C14H20N2O4S. The van der Waals surface area contributed by atoms with E-state index in [1.165, 1.54) is 25.1 Å². The average molecular weight is 312 g/mol. The number of hydrogen-bond acceptors (Lipinski definition) is 4. The molecule has 0 bridgehead atoms. The molecule has 0 aromatic heterocycles. The van der Waals surface area contributed by atoms with Crippen LogP contribution in [0.3, 0.4) is 0 Å². The second kappa shape index (κ2) is 6.13. The molecule has 1 heterocycles. The standard InChI is InChI=1S/C14H20N2O4S/c1-10-12(14(17)18)4-3-5-13(10)21(19,20)15-8-11-6-7-16(2)9-11/h3-5,11,15H,6-9H2,1-2H3,(H,17,18). The van der Waals surface area contributed by atoms with Gasteiger partial charge >= 0.3 is 5.97 Å². The highest BCUT2D eigenvalue weighted by Gasteiger charge is 2.24. The first-order valence-corrected chi connectivity index (χ1v) is 8.30. The van der Waals surface area contributed by atoms with Crippen LogP contribution in [0.25, 0.3) is 0 Å². The van der Waals surface area contributed by atoms with Crippen LogP contribution >= 0.6 is 0 Å². The number of nitrogens with one attached hydrogen (secondary N) is 1. The first-order valence-electron chi connectivity index (χ1n) is 6.82. The molecule has 1 aromatic carbocycles. The van der Waals surface area contributed by atoms with Gasteiger partial charge in [-0.05, 0) is 50.6 Å². The maximum absolute atomic E-state index is 12.3. The fourth-order valence-corrected chi connectivity index (χ4v) is 4.02. The van der Waals surface area contributed by atoms with Crippen molar-refractivity contribution in [3.8, 4) is 0 Å². The van der Waals surface area contributed by atoms with Crippen LogP contribution < -0.4 is 4.72 Å². The molecule has 0 radical (unpaired) electrons. The third-order valence-electron chi connectivity index (χ3n) is 3.85. The molecule has 0 aliphatic carbocycles. The van der Waals surface area contributed by atoms with E-state index in [0.29, 0.717) is 12.5 Å². The van der Waals surface area contributed by atoms with Crippen LogP contribution in [0, 0.1) is 12.8 Å². The second-order valence-corrected chi connectivity index (χ2v) is 7.24. The summed E-state index contributed by atoms with van der Waals surface area (Å²) in [7, 11) is -1.67. The minimum Gasteiger partial charge on any atom is -0.478 e. The van der Waals surface area contributed by atoms with Crippen LogP contribution in [0.1, 0.15) is 22.3 Å². The Hall–Kier alpha value is -1.44. The van der Waals surface area contributed by atoms with Crippen LogP contribution in [-0.4, -0.2) is 51.1 Å². The Labute approximate surface area is 124 Å². The number of likely N-dealkylation sites (tertiary alicyclic amines) is 1. The number of aromatic carboxylic acids is 1. The van der Waals surface area contributed by atoms with Gasteiger partial charge in [-0.2, -0.15) is 0 Å². The number of hydrogen-bond donors (Lipinski definition) is 2. The maximum Gasteiger partial charge on any atom is 0.335 e. The van der Waals surface area contributed by atoms with E-state index in [-0.39, 0.29) is 16.0 Å². The summed E-state index contributed by atoms with van der Waals surface area (Å²) in [5.74, 6) is -0.824. The predicted octanol–water partition coefficient (Wildman–Crippen LogP) is 0.923. The number of carboxylic acid groups (broad SMARTS) is 1. The topological polar surface area (TPSA) is 86.7 Å². The molecule has 2 rings (SSSR count). The Morgan fingerprint density at radius 2 is 2.19 bits per heavy atom. The van der Waals surface area contributed by atoms with E-state index in [0.717, 1.165) is 19.5 Å². The molecule has 1 fully saturated rings. The minimum atomic E-state index is -3.68. The van der Waals surface area contributed by atoms with Gasteiger partial charge < -0.3 is 10.0 Å². The summed E-state index contributed by atoms with van der Waals surface area (Å²) in [5, 5.41) is 9.07. The van der Waals surface area contributed by atoms with Crippen LogP contribution in [-0.2, 0) is 10.0 Å². The third kappa shape index (κ3) is 3.61. The molecular weight excluding hydrogens is 292 g/mol. The summed E-state index contributed by atoms with van der Waals surface area (Å²) >= 11 is 0. The quantitative estimate of drug-likeness (QED) is 0.844. The summed E-state index contributed by atoms with van der Waals surface area (Å²) < 4.78 is 27.3. The van der Waals surface area contributed by atoms with Gasteiger partial charge in [0.2, 0.25) is 10.0 Å². The lowest BCUT2D eigenvalue weighted by Crippen LogP contribution is -2.31. The second-order valence-electron chi connectivity index (χ2n) is 5.50. The van der Waals surface area contributed by atoms with Crippen molar-refractivity contribution in [3.05, 3.63) is 29.3 Å². The van der Waals surface area contributed by atoms with Gasteiger partial charge in [0.1, 0.15) is 0 Å². The number of rotatable bonds is 5. The van der Waals surface area contributed by atoms with Gasteiger partial charge in [-0.1, -0.05) is 6.07 Å². The molecule has 21 heavy (non-hydrogen) atoms. The highest BCUT2D eigenvalue weighted by molar-refractivity contribution is 7.89. The molecule has 2 N–H and O–H groups in total. The van der Waals surface area contributed by atoms with Crippen molar-refractivity contribution < 1.29 is 18.3 Å². The largest absolute Gasteiger partial charge is 0.478 e. The molecule has 1 aromatic rings. The normalized spacial score (nSPS) is 19.8. The molecule has 1 unspecified atom stereocenters. The Kier molecular flexibility index (Phi) is 4.65. The summed E-state index contributed by atoms with van der Waals surface area (Å²) in [5.41, 5.74) is 0.277. The summed E-state index contributed by atoms with van der Waals surface area (Å²) in [6, 6.07) is 4.29. The van der Waals surface area contributed by atoms with Gasteiger partial charge in [0, 0.05) is 13.1 Å². The van der Waals surface area contributed by atoms with E-state index in [2.05, 4.69) is 9.62 Å². The first-order chi connectivity index (χ1) is 9.81. The van der Waals surface area contributed by atoms with Crippen molar-refractivity contribution in [1.29, 1.82) is 0 Å². The van der Waals surface area contributed by atoms with E-state index < -0.39 is 16.0 Å². The van der Waals surface area contributed by atoms with Crippen molar-refractivity contribution in [2.45, 2.75) is 18.2 Å². The zero-order valence-corrected chi connectivity index (χ0v) is 13.0. The predicted molar refractivity (Wildman–Crippen MR) is 78.9 cm³/mol. The Morgan fingerprint density at radius 3 is 2.76 bits per heavy atom. The molecule has 1 aliphatic rings. The number of sulfonamides is 1. The molecule has 6 nitrogen and oxygen atoms in total. The van der Waals surface area contributed by atoms with Crippen LogP contribution in [0.15, 0.2) is 23.1 Å². The SMILES string of the molecule is Cc1c(C(=O)O)cccc1S(=O)(=O)NCC1CCN(C)C1. The van der Waals surface area contributed by atoms with Crippen molar-refractivity contribution >= 4 is 16.0 Å².